The van der Waals surface area contributed by atoms with E-state index < -0.39 is 6.23 Å². The van der Waals surface area contributed by atoms with Gasteiger partial charge in [0.1, 0.15) is 6.23 Å². The van der Waals surface area contributed by atoms with E-state index in [0.29, 0.717) is 0 Å². The lowest BCUT2D eigenvalue weighted by Crippen LogP contribution is -2.32. The molecule has 4 heteroatoms. The summed E-state index contributed by atoms with van der Waals surface area (Å²) in [5, 5.41) is 18.0. The average molecular weight is 269 g/mol. The van der Waals surface area contributed by atoms with Gasteiger partial charge in [0.05, 0.1) is 11.4 Å². The van der Waals surface area contributed by atoms with Crippen LogP contribution in [-0.4, -0.2) is 17.9 Å². The van der Waals surface area contributed by atoms with Crippen LogP contribution in [0.4, 0.5) is 17.1 Å². The summed E-state index contributed by atoms with van der Waals surface area (Å²) in [4.78, 5) is 1.90. The first-order chi connectivity index (χ1) is 9.70. The van der Waals surface area contributed by atoms with Gasteiger partial charge in [0.25, 0.3) is 0 Å². The van der Waals surface area contributed by atoms with E-state index in [-0.39, 0.29) is 0 Å². The van der Waals surface area contributed by atoms with E-state index in [2.05, 4.69) is 10.2 Å². The van der Waals surface area contributed by atoms with Crippen molar-refractivity contribution in [3.05, 3.63) is 54.6 Å². The quantitative estimate of drug-likeness (QED) is 0.651. The number of aliphatic hydroxyl groups is 1. The second-order valence-corrected chi connectivity index (χ2v) is 4.47. The maximum atomic E-state index is 9.67. The van der Waals surface area contributed by atoms with Crippen LogP contribution in [0.3, 0.4) is 0 Å². The van der Waals surface area contributed by atoms with Gasteiger partial charge in [-0.3, -0.25) is 0 Å². The molecule has 0 fully saturated rings. The van der Waals surface area contributed by atoms with Gasteiger partial charge >= 0.3 is 0 Å². The molecule has 1 unspecified atom stereocenters. The van der Waals surface area contributed by atoms with E-state index in [4.69, 9.17) is 0 Å². The van der Waals surface area contributed by atoms with E-state index in [9.17, 15) is 5.11 Å². The Hall–Kier alpha value is -2.20. The monoisotopic (exact) mass is 269 g/mol. The Balaban J connectivity index is 2.10. The number of anilines is 1. The molecule has 1 atom stereocenters. The minimum absolute atomic E-state index is 0.503. The van der Waals surface area contributed by atoms with Crippen molar-refractivity contribution in [2.24, 2.45) is 10.2 Å². The molecule has 2 aromatic carbocycles. The molecule has 0 aliphatic heterocycles. The van der Waals surface area contributed by atoms with Crippen molar-refractivity contribution < 1.29 is 5.11 Å². The molecule has 4 nitrogen and oxygen atoms in total. The Morgan fingerprint density at radius 3 is 2.00 bits per heavy atom. The third kappa shape index (κ3) is 3.65. The van der Waals surface area contributed by atoms with Gasteiger partial charge in [0.2, 0.25) is 0 Å². The molecule has 0 spiro atoms. The van der Waals surface area contributed by atoms with Gasteiger partial charge in [-0.1, -0.05) is 18.2 Å². The molecule has 0 saturated carbocycles. The van der Waals surface area contributed by atoms with Crippen molar-refractivity contribution in [1.29, 1.82) is 0 Å². The molecule has 2 rings (SSSR count). The molecule has 0 aliphatic carbocycles. The first-order valence-corrected chi connectivity index (χ1v) is 6.72. The molecule has 104 valence electrons. The number of azo groups is 1. The molecule has 0 aromatic heterocycles. The summed E-state index contributed by atoms with van der Waals surface area (Å²) < 4.78 is 0. The van der Waals surface area contributed by atoms with Crippen LogP contribution < -0.4 is 4.90 Å². The Morgan fingerprint density at radius 1 is 0.950 bits per heavy atom. The second kappa shape index (κ2) is 6.82. The fourth-order valence-corrected chi connectivity index (χ4v) is 1.98. The van der Waals surface area contributed by atoms with E-state index in [1.807, 2.05) is 66.4 Å². The topological polar surface area (TPSA) is 48.2 Å². The molecule has 0 amide bonds. The van der Waals surface area contributed by atoms with Crippen LogP contribution in [0, 0.1) is 0 Å². The third-order valence-electron chi connectivity index (χ3n) is 3.01. The molecule has 20 heavy (non-hydrogen) atoms. The number of aliphatic hydroxyl groups excluding tert-OH is 1. The zero-order chi connectivity index (χ0) is 14.4. The maximum absolute atomic E-state index is 9.67. The fraction of sp³-hybridized carbons (Fsp3) is 0.250. The van der Waals surface area contributed by atoms with Gasteiger partial charge in [-0.15, -0.1) is 0 Å². The van der Waals surface area contributed by atoms with Crippen LogP contribution in [0.1, 0.15) is 13.8 Å². The lowest BCUT2D eigenvalue weighted by molar-refractivity contribution is 0.190. The van der Waals surface area contributed by atoms with Gasteiger partial charge in [-0.2, -0.15) is 10.2 Å². The molecule has 0 radical (unpaired) electrons. The Morgan fingerprint density at radius 2 is 1.50 bits per heavy atom. The van der Waals surface area contributed by atoms with Crippen molar-refractivity contribution in [1.82, 2.24) is 0 Å². The van der Waals surface area contributed by atoms with Crippen LogP contribution >= 0.6 is 0 Å². The van der Waals surface area contributed by atoms with E-state index >= 15 is 0 Å². The lowest BCUT2D eigenvalue weighted by atomic mass is 10.2. The predicted molar refractivity (Wildman–Crippen MR) is 81.8 cm³/mol. The van der Waals surface area contributed by atoms with Crippen molar-refractivity contribution in [3.8, 4) is 0 Å². The highest BCUT2D eigenvalue weighted by Crippen LogP contribution is 2.22. The molecular formula is C16H19N3O. The molecule has 0 heterocycles. The summed E-state index contributed by atoms with van der Waals surface area (Å²) in [5.41, 5.74) is 2.59. The number of benzene rings is 2. The normalized spacial score (nSPS) is 12.6. The predicted octanol–water partition coefficient (Wildman–Crippen LogP) is 4.27. The Bertz CT molecular complexity index is 550. The van der Waals surface area contributed by atoms with Gasteiger partial charge in [0.15, 0.2) is 0 Å². The summed E-state index contributed by atoms with van der Waals surface area (Å²) in [6, 6.07) is 17.3. The van der Waals surface area contributed by atoms with Crippen LogP contribution in [0.15, 0.2) is 64.8 Å². The van der Waals surface area contributed by atoms with Crippen LogP contribution in [0.2, 0.25) is 0 Å². The van der Waals surface area contributed by atoms with Crippen molar-refractivity contribution in [2.45, 2.75) is 20.1 Å². The minimum Gasteiger partial charge on any atom is -0.374 e. The largest absolute Gasteiger partial charge is 0.374 e. The highest BCUT2D eigenvalue weighted by atomic mass is 16.3. The van der Waals surface area contributed by atoms with Gasteiger partial charge in [-0.05, 0) is 50.2 Å². The van der Waals surface area contributed by atoms with Gasteiger partial charge in [0, 0.05) is 12.2 Å². The van der Waals surface area contributed by atoms with E-state index in [0.717, 1.165) is 23.6 Å². The lowest BCUT2D eigenvalue weighted by Gasteiger charge is -2.26. The van der Waals surface area contributed by atoms with Gasteiger partial charge in [-0.25, -0.2) is 0 Å². The number of nitrogens with zero attached hydrogens (tertiary/aromatic N) is 3. The zero-order valence-electron chi connectivity index (χ0n) is 11.8. The molecular weight excluding hydrogens is 250 g/mol. The van der Waals surface area contributed by atoms with Crippen molar-refractivity contribution >= 4 is 17.1 Å². The van der Waals surface area contributed by atoms with Crippen LogP contribution in [-0.2, 0) is 0 Å². The average Bonchev–Trinajstić information content (AvgIpc) is 2.48. The zero-order valence-corrected chi connectivity index (χ0v) is 11.8. The SMILES string of the molecule is CCN(c1ccc(/N=N/c2ccccc2)cc1)C(C)O. The fourth-order valence-electron chi connectivity index (χ4n) is 1.98. The number of hydrogen-bond donors (Lipinski definition) is 1. The van der Waals surface area contributed by atoms with Crippen LogP contribution in [0.25, 0.3) is 0 Å². The first-order valence-electron chi connectivity index (χ1n) is 6.72. The first kappa shape index (κ1) is 14.2. The minimum atomic E-state index is -0.503. The highest BCUT2D eigenvalue weighted by Gasteiger charge is 2.08. The smallest absolute Gasteiger partial charge is 0.124 e. The van der Waals surface area contributed by atoms with E-state index in [1.165, 1.54) is 0 Å². The van der Waals surface area contributed by atoms with E-state index in [1.54, 1.807) is 6.92 Å². The summed E-state index contributed by atoms with van der Waals surface area (Å²) in [7, 11) is 0. The standard InChI is InChI=1S/C16H19N3O/c1-3-19(13(2)20)16-11-9-15(10-12-16)18-17-14-7-5-4-6-8-14/h4-13,20H,3H2,1-2H3/b18-17+. The Kier molecular flexibility index (Phi) is 4.85. The number of rotatable bonds is 5. The molecule has 0 aliphatic rings. The molecule has 0 bridgehead atoms. The van der Waals surface area contributed by atoms with Crippen molar-refractivity contribution in [2.75, 3.05) is 11.4 Å². The highest BCUT2D eigenvalue weighted by molar-refractivity contribution is 5.53. The Labute approximate surface area is 119 Å². The van der Waals surface area contributed by atoms with Gasteiger partial charge < -0.3 is 10.0 Å². The third-order valence-corrected chi connectivity index (χ3v) is 3.01. The second-order valence-electron chi connectivity index (χ2n) is 4.47. The molecule has 2 aromatic rings. The molecule has 1 N–H and O–H groups in total. The van der Waals surface area contributed by atoms with Crippen molar-refractivity contribution in [3.63, 3.8) is 0 Å². The number of hydrogen-bond acceptors (Lipinski definition) is 4. The molecule has 0 saturated heterocycles. The summed E-state index contributed by atoms with van der Waals surface area (Å²) >= 11 is 0. The summed E-state index contributed by atoms with van der Waals surface area (Å²) in [6.07, 6.45) is -0.503. The summed E-state index contributed by atoms with van der Waals surface area (Å²) in [5.74, 6) is 0. The summed E-state index contributed by atoms with van der Waals surface area (Å²) in [6.45, 7) is 4.52. The van der Waals surface area contributed by atoms with Crippen LogP contribution in [0.5, 0.6) is 0 Å². The maximum Gasteiger partial charge on any atom is 0.124 e.